The van der Waals surface area contributed by atoms with Gasteiger partial charge in [-0.1, -0.05) is 31.4 Å². The molecule has 4 nitrogen and oxygen atoms in total. The average Bonchev–Trinajstić information content (AvgIpc) is 2.60. The number of methoxy groups -OCH3 is 1. The standard InChI is InChI=1S/C19H27N3O/c1-22(2)19(12-5-4-6-13-19)14-20-17-11-10-15-8-7-9-16(23-3)18(15)21-17/h7-11H,4-6,12-14H2,1-3H3,(H,20,21). The van der Waals surface area contributed by atoms with Crippen molar-refractivity contribution < 1.29 is 4.74 Å². The van der Waals surface area contributed by atoms with Crippen LogP contribution in [0.5, 0.6) is 5.75 Å². The molecule has 0 spiro atoms. The molecule has 0 atom stereocenters. The van der Waals surface area contributed by atoms with E-state index in [1.165, 1.54) is 32.1 Å². The predicted octanol–water partition coefficient (Wildman–Crippen LogP) is 3.92. The van der Waals surface area contributed by atoms with Gasteiger partial charge in [0.05, 0.1) is 7.11 Å². The van der Waals surface area contributed by atoms with Gasteiger partial charge in [-0.15, -0.1) is 0 Å². The maximum absolute atomic E-state index is 5.44. The molecule has 1 N–H and O–H groups in total. The number of likely N-dealkylation sites (N-methyl/N-ethyl adjacent to an activating group) is 1. The van der Waals surface area contributed by atoms with Crippen LogP contribution in [0, 0.1) is 0 Å². The Hall–Kier alpha value is -1.81. The first-order valence-electron chi connectivity index (χ1n) is 8.50. The lowest BCUT2D eigenvalue weighted by Gasteiger charge is -2.43. The zero-order valence-electron chi connectivity index (χ0n) is 14.4. The number of fused-ring (bicyclic) bond motifs is 1. The maximum atomic E-state index is 5.44. The van der Waals surface area contributed by atoms with Crippen LogP contribution in [-0.2, 0) is 0 Å². The molecule has 124 valence electrons. The van der Waals surface area contributed by atoms with Crippen LogP contribution in [0.15, 0.2) is 30.3 Å². The Morgan fingerprint density at radius 3 is 2.61 bits per heavy atom. The summed E-state index contributed by atoms with van der Waals surface area (Å²) in [6, 6.07) is 10.2. The topological polar surface area (TPSA) is 37.4 Å². The van der Waals surface area contributed by atoms with Crippen molar-refractivity contribution in [3.63, 3.8) is 0 Å². The molecular formula is C19H27N3O. The minimum absolute atomic E-state index is 0.246. The molecule has 0 bridgehead atoms. The lowest BCUT2D eigenvalue weighted by Crippen LogP contribution is -2.51. The Morgan fingerprint density at radius 1 is 1.13 bits per heavy atom. The van der Waals surface area contributed by atoms with Crippen molar-refractivity contribution in [3.8, 4) is 5.75 Å². The molecule has 1 fully saturated rings. The number of pyridine rings is 1. The summed E-state index contributed by atoms with van der Waals surface area (Å²) in [4.78, 5) is 7.16. The minimum atomic E-state index is 0.246. The number of hydrogen-bond acceptors (Lipinski definition) is 4. The molecule has 1 saturated carbocycles. The van der Waals surface area contributed by atoms with Crippen molar-refractivity contribution in [2.45, 2.75) is 37.6 Å². The largest absolute Gasteiger partial charge is 0.494 e. The minimum Gasteiger partial charge on any atom is -0.494 e. The van der Waals surface area contributed by atoms with E-state index >= 15 is 0 Å². The van der Waals surface area contributed by atoms with Crippen LogP contribution in [0.3, 0.4) is 0 Å². The third kappa shape index (κ3) is 3.27. The number of benzene rings is 1. The van der Waals surface area contributed by atoms with Crippen LogP contribution < -0.4 is 10.1 Å². The van der Waals surface area contributed by atoms with E-state index in [0.717, 1.165) is 29.0 Å². The number of ether oxygens (including phenoxy) is 1. The molecule has 1 heterocycles. The first kappa shape index (κ1) is 16.1. The summed E-state index contributed by atoms with van der Waals surface area (Å²) >= 11 is 0. The summed E-state index contributed by atoms with van der Waals surface area (Å²) in [5.74, 6) is 1.75. The summed E-state index contributed by atoms with van der Waals surface area (Å²) in [6.45, 7) is 0.938. The van der Waals surface area contributed by atoms with Gasteiger partial charge >= 0.3 is 0 Å². The summed E-state index contributed by atoms with van der Waals surface area (Å²) in [5.41, 5.74) is 1.16. The zero-order chi connectivity index (χ0) is 16.3. The highest BCUT2D eigenvalue weighted by Crippen LogP contribution is 2.32. The first-order chi connectivity index (χ1) is 11.1. The number of nitrogens with one attached hydrogen (secondary N) is 1. The second kappa shape index (κ2) is 6.75. The second-order valence-electron chi connectivity index (χ2n) is 6.76. The Labute approximate surface area is 138 Å². The van der Waals surface area contributed by atoms with E-state index in [4.69, 9.17) is 9.72 Å². The summed E-state index contributed by atoms with van der Waals surface area (Å²) in [6.07, 6.45) is 6.51. The first-order valence-corrected chi connectivity index (χ1v) is 8.50. The number of anilines is 1. The van der Waals surface area contributed by atoms with E-state index in [2.05, 4.69) is 42.5 Å². The molecule has 0 aliphatic heterocycles. The van der Waals surface area contributed by atoms with E-state index in [0.29, 0.717) is 0 Å². The zero-order valence-corrected chi connectivity index (χ0v) is 14.4. The molecule has 0 unspecified atom stereocenters. The Balaban J connectivity index is 1.81. The number of hydrogen-bond donors (Lipinski definition) is 1. The molecule has 0 saturated heterocycles. The highest BCUT2D eigenvalue weighted by atomic mass is 16.5. The van der Waals surface area contributed by atoms with Gasteiger partial charge in [0.15, 0.2) is 0 Å². The van der Waals surface area contributed by atoms with Gasteiger partial charge in [0.2, 0.25) is 0 Å². The third-order valence-electron chi connectivity index (χ3n) is 5.23. The number of aromatic nitrogens is 1. The van der Waals surface area contributed by atoms with E-state index in [-0.39, 0.29) is 5.54 Å². The molecule has 2 aromatic rings. The normalized spacial score (nSPS) is 17.4. The van der Waals surface area contributed by atoms with Crippen molar-refractivity contribution in [3.05, 3.63) is 30.3 Å². The van der Waals surface area contributed by atoms with Crippen LogP contribution in [0.2, 0.25) is 0 Å². The number of rotatable bonds is 5. The van der Waals surface area contributed by atoms with E-state index in [1.54, 1.807) is 7.11 Å². The highest BCUT2D eigenvalue weighted by Gasteiger charge is 2.33. The molecular weight excluding hydrogens is 286 g/mol. The van der Waals surface area contributed by atoms with Crippen molar-refractivity contribution >= 4 is 16.7 Å². The fourth-order valence-electron chi connectivity index (χ4n) is 3.63. The number of nitrogens with zero attached hydrogens (tertiary/aromatic N) is 2. The van der Waals surface area contributed by atoms with Crippen molar-refractivity contribution in [2.24, 2.45) is 0 Å². The molecule has 1 aromatic heterocycles. The lowest BCUT2D eigenvalue weighted by atomic mass is 9.80. The van der Waals surface area contributed by atoms with Crippen LogP contribution in [0.1, 0.15) is 32.1 Å². The van der Waals surface area contributed by atoms with E-state index in [1.807, 2.05) is 12.1 Å². The Bertz CT molecular complexity index is 663. The average molecular weight is 313 g/mol. The molecule has 4 heteroatoms. The van der Waals surface area contributed by atoms with Crippen molar-refractivity contribution in [1.29, 1.82) is 0 Å². The summed E-state index contributed by atoms with van der Waals surface area (Å²) < 4.78 is 5.44. The molecule has 0 amide bonds. The molecule has 1 aliphatic rings. The summed E-state index contributed by atoms with van der Waals surface area (Å²) in [5, 5.41) is 4.68. The van der Waals surface area contributed by atoms with Crippen LogP contribution in [-0.4, -0.2) is 43.2 Å². The molecule has 1 aromatic carbocycles. The van der Waals surface area contributed by atoms with Gasteiger partial charge in [0.25, 0.3) is 0 Å². The van der Waals surface area contributed by atoms with Gasteiger partial charge in [-0.25, -0.2) is 4.98 Å². The second-order valence-corrected chi connectivity index (χ2v) is 6.76. The van der Waals surface area contributed by atoms with Crippen LogP contribution >= 0.6 is 0 Å². The fraction of sp³-hybridized carbons (Fsp3) is 0.526. The number of para-hydroxylation sites is 1. The smallest absolute Gasteiger partial charge is 0.145 e. The van der Waals surface area contributed by atoms with Gasteiger partial charge < -0.3 is 15.0 Å². The Morgan fingerprint density at radius 2 is 1.91 bits per heavy atom. The van der Waals surface area contributed by atoms with E-state index in [9.17, 15) is 0 Å². The van der Waals surface area contributed by atoms with Crippen LogP contribution in [0.25, 0.3) is 10.9 Å². The van der Waals surface area contributed by atoms with Crippen molar-refractivity contribution in [2.75, 3.05) is 33.1 Å². The lowest BCUT2D eigenvalue weighted by molar-refractivity contribution is 0.113. The predicted molar refractivity (Wildman–Crippen MR) is 96.3 cm³/mol. The molecule has 1 aliphatic carbocycles. The van der Waals surface area contributed by atoms with Gasteiger partial charge in [-0.2, -0.15) is 0 Å². The van der Waals surface area contributed by atoms with Gasteiger partial charge in [0, 0.05) is 17.5 Å². The fourth-order valence-corrected chi connectivity index (χ4v) is 3.63. The van der Waals surface area contributed by atoms with Gasteiger partial charge in [-0.3, -0.25) is 0 Å². The molecule has 23 heavy (non-hydrogen) atoms. The molecule has 0 radical (unpaired) electrons. The summed E-state index contributed by atoms with van der Waals surface area (Å²) in [7, 11) is 6.09. The SMILES string of the molecule is COc1cccc2ccc(NCC3(N(C)C)CCCCC3)nc12. The maximum Gasteiger partial charge on any atom is 0.145 e. The quantitative estimate of drug-likeness (QED) is 0.908. The van der Waals surface area contributed by atoms with Crippen molar-refractivity contribution in [1.82, 2.24) is 9.88 Å². The molecule has 3 rings (SSSR count). The van der Waals surface area contributed by atoms with Gasteiger partial charge in [0.1, 0.15) is 17.1 Å². The van der Waals surface area contributed by atoms with E-state index < -0.39 is 0 Å². The monoisotopic (exact) mass is 313 g/mol. The van der Waals surface area contributed by atoms with Crippen LogP contribution in [0.4, 0.5) is 5.82 Å². The highest BCUT2D eigenvalue weighted by molar-refractivity contribution is 5.85. The van der Waals surface area contributed by atoms with Gasteiger partial charge in [-0.05, 0) is 45.1 Å². The Kier molecular flexibility index (Phi) is 4.71. The third-order valence-corrected chi connectivity index (χ3v) is 5.23.